The van der Waals surface area contributed by atoms with Gasteiger partial charge in [-0.3, -0.25) is 9.59 Å². The minimum absolute atomic E-state index is 0.00504. The molecule has 1 aromatic carbocycles. The van der Waals surface area contributed by atoms with Crippen LogP contribution in [-0.4, -0.2) is 59.2 Å². The van der Waals surface area contributed by atoms with Crippen molar-refractivity contribution in [3.05, 3.63) is 34.9 Å². The Morgan fingerprint density at radius 2 is 1.91 bits per heavy atom. The molecule has 2 unspecified atom stereocenters. The second kappa shape index (κ2) is 13.1. The van der Waals surface area contributed by atoms with E-state index in [4.69, 9.17) is 16.3 Å². The number of halogens is 2. The number of carbonyl (C=O) groups is 4. The number of ether oxygens (including phenoxy) is 1. The second-order valence-electron chi connectivity index (χ2n) is 9.35. The Hall–Kier alpha value is -1.88. The first-order chi connectivity index (χ1) is 15.3. The van der Waals surface area contributed by atoms with Crippen molar-refractivity contribution in [3.8, 4) is 0 Å². The van der Waals surface area contributed by atoms with Gasteiger partial charge >= 0.3 is 6.09 Å². The standard InChI is InChI=1S/C23H33ClIN3O5/c1-22(2,3)12-18(26-21(32)33-13-16-7-6-8-17(24)11-16)20(31)27-23(14-25,15-29)10-9-19(30)28(4)5/h6-8,11,15,18H,9-10,12-14H2,1-5H3,(H,26,32)(H,27,31). The number of nitrogens with one attached hydrogen (secondary N) is 2. The maximum Gasteiger partial charge on any atom is 0.408 e. The van der Waals surface area contributed by atoms with Crippen LogP contribution in [0.2, 0.25) is 5.02 Å². The Morgan fingerprint density at radius 1 is 1.24 bits per heavy atom. The zero-order chi connectivity index (χ0) is 25.2. The van der Waals surface area contributed by atoms with Gasteiger partial charge in [0, 0.05) is 30.0 Å². The van der Waals surface area contributed by atoms with Gasteiger partial charge in [-0.25, -0.2) is 4.79 Å². The third-order valence-corrected chi connectivity index (χ3v) is 6.40. The molecular weight excluding hydrogens is 561 g/mol. The highest BCUT2D eigenvalue weighted by Gasteiger charge is 2.35. The lowest BCUT2D eigenvalue weighted by Gasteiger charge is -2.32. The van der Waals surface area contributed by atoms with E-state index < -0.39 is 23.6 Å². The molecule has 0 fully saturated rings. The van der Waals surface area contributed by atoms with Crippen molar-refractivity contribution in [1.29, 1.82) is 0 Å². The van der Waals surface area contributed by atoms with Gasteiger partial charge in [0.05, 0.1) is 0 Å². The van der Waals surface area contributed by atoms with Crippen LogP contribution in [0.1, 0.15) is 45.6 Å². The molecule has 0 saturated carbocycles. The van der Waals surface area contributed by atoms with Crippen molar-refractivity contribution < 1.29 is 23.9 Å². The summed E-state index contributed by atoms with van der Waals surface area (Å²) in [6, 6.07) is 5.99. The lowest BCUT2D eigenvalue weighted by atomic mass is 9.87. The van der Waals surface area contributed by atoms with E-state index in [1.54, 1.807) is 38.4 Å². The van der Waals surface area contributed by atoms with Gasteiger partial charge in [0.25, 0.3) is 0 Å². The van der Waals surface area contributed by atoms with Crippen molar-refractivity contribution in [2.24, 2.45) is 5.41 Å². The minimum Gasteiger partial charge on any atom is -0.445 e. The molecule has 0 aliphatic carbocycles. The van der Waals surface area contributed by atoms with Crippen LogP contribution in [0, 0.1) is 5.41 Å². The number of amides is 3. The van der Waals surface area contributed by atoms with Crippen LogP contribution in [0.5, 0.6) is 0 Å². The highest BCUT2D eigenvalue weighted by atomic mass is 127. The Morgan fingerprint density at radius 3 is 2.42 bits per heavy atom. The summed E-state index contributed by atoms with van der Waals surface area (Å²) in [6.07, 6.45) is 0.481. The fraction of sp³-hybridized carbons (Fsp3) is 0.565. The van der Waals surface area contributed by atoms with E-state index in [1.807, 2.05) is 43.4 Å². The summed E-state index contributed by atoms with van der Waals surface area (Å²) in [6.45, 7) is 5.81. The van der Waals surface area contributed by atoms with E-state index in [1.165, 1.54) is 4.90 Å². The molecule has 0 radical (unpaired) electrons. The lowest BCUT2D eigenvalue weighted by Crippen LogP contribution is -2.58. The normalized spacial score (nSPS) is 13.9. The molecule has 0 saturated heterocycles. The summed E-state index contributed by atoms with van der Waals surface area (Å²) in [5, 5.41) is 5.90. The van der Waals surface area contributed by atoms with E-state index in [-0.39, 0.29) is 35.2 Å². The number of aldehydes is 1. The van der Waals surface area contributed by atoms with Crippen molar-refractivity contribution in [2.75, 3.05) is 18.5 Å². The highest BCUT2D eigenvalue weighted by molar-refractivity contribution is 14.1. The SMILES string of the molecule is CN(C)C(=O)CCC(C=O)(CI)NC(=O)C(CC(C)(C)C)NC(=O)OCc1cccc(Cl)c1. The quantitative estimate of drug-likeness (QED) is 0.231. The summed E-state index contributed by atoms with van der Waals surface area (Å²) in [5.74, 6) is -0.653. The van der Waals surface area contributed by atoms with E-state index in [0.29, 0.717) is 23.3 Å². The molecule has 0 spiro atoms. The Kier molecular flexibility index (Phi) is 11.6. The van der Waals surface area contributed by atoms with Crippen LogP contribution >= 0.6 is 34.2 Å². The van der Waals surface area contributed by atoms with Gasteiger partial charge in [0.2, 0.25) is 11.8 Å². The fourth-order valence-electron chi connectivity index (χ4n) is 2.95. The van der Waals surface area contributed by atoms with Gasteiger partial charge in [-0.05, 0) is 36.0 Å². The maximum atomic E-state index is 13.1. The second-order valence-corrected chi connectivity index (χ2v) is 10.6. The molecule has 3 amide bonds. The summed E-state index contributed by atoms with van der Waals surface area (Å²) in [5.41, 5.74) is -0.798. The van der Waals surface area contributed by atoms with Crippen LogP contribution < -0.4 is 10.6 Å². The molecule has 2 N–H and O–H groups in total. The Labute approximate surface area is 214 Å². The summed E-state index contributed by atoms with van der Waals surface area (Å²) in [7, 11) is 3.26. The Balaban J connectivity index is 2.90. The van der Waals surface area contributed by atoms with Crippen LogP contribution in [0.4, 0.5) is 4.79 Å². The molecule has 8 nitrogen and oxygen atoms in total. The molecule has 0 aromatic heterocycles. The van der Waals surface area contributed by atoms with E-state index in [0.717, 1.165) is 0 Å². The van der Waals surface area contributed by atoms with E-state index in [2.05, 4.69) is 10.6 Å². The molecular formula is C23H33ClIN3O5. The van der Waals surface area contributed by atoms with Crippen LogP contribution in [-0.2, 0) is 25.7 Å². The molecule has 2 atom stereocenters. The molecule has 1 rings (SSSR count). The molecule has 1 aromatic rings. The molecule has 0 bridgehead atoms. The molecule has 0 aliphatic heterocycles. The predicted molar refractivity (Wildman–Crippen MR) is 136 cm³/mol. The number of benzene rings is 1. The molecule has 10 heteroatoms. The zero-order valence-corrected chi connectivity index (χ0v) is 22.7. The fourth-order valence-corrected chi connectivity index (χ4v) is 3.91. The molecule has 33 heavy (non-hydrogen) atoms. The van der Waals surface area contributed by atoms with Gasteiger partial charge in [-0.1, -0.05) is 67.1 Å². The highest BCUT2D eigenvalue weighted by Crippen LogP contribution is 2.22. The smallest absolute Gasteiger partial charge is 0.408 e. The maximum absolute atomic E-state index is 13.1. The minimum atomic E-state index is -1.22. The van der Waals surface area contributed by atoms with Crippen molar-refractivity contribution in [2.45, 2.75) is 58.2 Å². The monoisotopic (exact) mass is 593 g/mol. The third-order valence-electron chi connectivity index (χ3n) is 4.80. The average molecular weight is 594 g/mol. The first kappa shape index (κ1) is 29.2. The van der Waals surface area contributed by atoms with Gasteiger partial charge in [0.1, 0.15) is 24.5 Å². The molecule has 0 heterocycles. The Bertz CT molecular complexity index is 844. The van der Waals surface area contributed by atoms with Crippen molar-refractivity contribution in [3.63, 3.8) is 0 Å². The van der Waals surface area contributed by atoms with E-state index >= 15 is 0 Å². The van der Waals surface area contributed by atoms with Gasteiger partial charge in [0.15, 0.2) is 0 Å². The van der Waals surface area contributed by atoms with Crippen molar-refractivity contribution >= 4 is 58.4 Å². The number of carbonyl (C=O) groups excluding carboxylic acids is 4. The van der Waals surface area contributed by atoms with Crippen LogP contribution in [0.3, 0.4) is 0 Å². The topological polar surface area (TPSA) is 105 Å². The van der Waals surface area contributed by atoms with Gasteiger partial charge < -0.3 is 25.1 Å². The number of alkyl carbamates (subject to hydrolysis) is 1. The predicted octanol–water partition coefficient (Wildman–Crippen LogP) is 3.73. The zero-order valence-electron chi connectivity index (χ0n) is 19.7. The third kappa shape index (κ3) is 10.7. The molecule has 184 valence electrons. The lowest BCUT2D eigenvalue weighted by molar-refractivity contribution is -0.131. The molecule has 0 aliphatic rings. The number of hydrogen-bond acceptors (Lipinski definition) is 5. The number of nitrogens with zero attached hydrogens (tertiary/aromatic N) is 1. The largest absolute Gasteiger partial charge is 0.445 e. The first-order valence-electron chi connectivity index (χ1n) is 10.5. The van der Waals surface area contributed by atoms with Crippen LogP contribution in [0.15, 0.2) is 24.3 Å². The number of hydrogen-bond donors (Lipinski definition) is 2. The van der Waals surface area contributed by atoms with Gasteiger partial charge in [-0.2, -0.15) is 0 Å². The summed E-state index contributed by atoms with van der Waals surface area (Å²) < 4.78 is 5.54. The van der Waals surface area contributed by atoms with E-state index in [9.17, 15) is 19.2 Å². The summed E-state index contributed by atoms with van der Waals surface area (Å²) >= 11 is 7.95. The number of rotatable bonds is 11. The summed E-state index contributed by atoms with van der Waals surface area (Å²) in [4.78, 5) is 50.9. The number of alkyl halides is 1. The first-order valence-corrected chi connectivity index (χ1v) is 12.4. The average Bonchev–Trinajstić information content (AvgIpc) is 2.73. The van der Waals surface area contributed by atoms with Gasteiger partial charge in [-0.15, -0.1) is 0 Å². The van der Waals surface area contributed by atoms with Crippen LogP contribution in [0.25, 0.3) is 0 Å². The van der Waals surface area contributed by atoms with Crippen molar-refractivity contribution in [1.82, 2.24) is 15.5 Å².